The predicted octanol–water partition coefficient (Wildman–Crippen LogP) is 4.75. The molecule has 2 amide bonds. The van der Waals surface area contributed by atoms with E-state index in [1.807, 2.05) is 18.2 Å². The molecule has 5 nitrogen and oxygen atoms in total. The molecule has 0 aliphatic carbocycles. The van der Waals surface area contributed by atoms with Gasteiger partial charge in [-0.1, -0.05) is 54.1 Å². The van der Waals surface area contributed by atoms with Crippen LogP contribution < -0.4 is 10.7 Å². The average molecular weight is 392 g/mol. The van der Waals surface area contributed by atoms with Gasteiger partial charge in [0, 0.05) is 11.3 Å². The summed E-state index contributed by atoms with van der Waals surface area (Å²) < 4.78 is 0. The molecule has 3 aromatic rings. The lowest BCUT2D eigenvalue weighted by Gasteiger charge is -2.08. The van der Waals surface area contributed by atoms with Gasteiger partial charge in [0.05, 0.1) is 16.3 Å². The Hall–Kier alpha value is -3.44. The van der Waals surface area contributed by atoms with Crippen LogP contribution in [0, 0.1) is 0 Å². The number of amides is 2. The molecule has 0 heterocycles. The van der Waals surface area contributed by atoms with E-state index in [1.165, 1.54) is 0 Å². The van der Waals surface area contributed by atoms with E-state index in [0.717, 1.165) is 5.56 Å². The third-order valence-electron chi connectivity index (χ3n) is 4.04. The van der Waals surface area contributed by atoms with Crippen molar-refractivity contribution in [1.82, 2.24) is 5.43 Å². The highest BCUT2D eigenvalue weighted by molar-refractivity contribution is 6.34. The number of hydrogen-bond acceptors (Lipinski definition) is 3. The second-order valence-electron chi connectivity index (χ2n) is 6.02. The molecule has 0 atom stereocenters. The highest BCUT2D eigenvalue weighted by Gasteiger charge is 2.10. The van der Waals surface area contributed by atoms with Crippen LogP contribution in [0.2, 0.25) is 5.02 Å². The first-order valence-electron chi connectivity index (χ1n) is 8.60. The molecule has 28 heavy (non-hydrogen) atoms. The Morgan fingerprint density at radius 1 is 0.786 bits per heavy atom. The van der Waals surface area contributed by atoms with Crippen LogP contribution >= 0.6 is 11.6 Å². The van der Waals surface area contributed by atoms with Gasteiger partial charge in [0.1, 0.15) is 0 Å². The van der Waals surface area contributed by atoms with Gasteiger partial charge in [-0.25, -0.2) is 5.43 Å². The summed E-state index contributed by atoms with van der Waals surface area (Å²) in [6.07, 6.45) is 0. The summed E-state index contributed by atoms with van der Waals surface area (Å²) in [5, 5.41) is 7.33. The lowest BCUT2D eigenvalue weighted by atomic mass is 10.1. The minimum atomic E-state index is -0.279. The van der Waals surface area contributed by atoms with E-state index in [2.05, 4.69) is 15.8 Å². The van der Waals surface area contributed by atoms with Gasteiger partial charge in [0.15, 0.2) is 0 Å². The molecule has 0 unspecified atom stereocenters. The number of hydrazone groups is 1. The van der Waals surface area contributed by atoms with Crippen molar-refractivity contribution in [2.75, 3.05) is 5.32 Å². The maximum atomic E-state index is 12.3. The van der Waals surface area contributed by atoms with Crippen molar-refractivity contribution in [3.05, 3.63) is 101 Å². The van der Waals surface area contributed by atoms with Gasteiger partial charge >= 0.3 is 0 Å². The molecule has 0 bridgehead atoms. The Morgan fingerprint density at radius 2 is 1.43 bits per heavy atom. The summed E-state index contributed by atoms with van der Waals surface area (Å²) in [6, 6.07) is 22.9. The predicted molar refractivity (Wildman–Crippen MR) is 112 cm³/mol. The van der Waals surface area contributed by atoms with Crippen LogP contribution in [0.3, 0.4) is 0 Å². The van der Waals surface area contributed by atoms with Gasteiger partial charge in [-0.15, -0.1) is 0 Å². The molecule has 140 valence electrons. The van der Waals surface area contributed by atoms with Crippen LogP contribution in [0.5, 0.6) is 0 Å². The van der Waals surface area contributed by atoms with Crippen molar-refractivity contribution >= 4 is 34.8 Å². The largest absolute Gasteiger partial charge is 0.322 e. The summed E-state index contributed by atoms with van der Waals surface area (Å²) in [6.45, 7) is 1.79. The molecule has 0 saturated heterocycles. The SMILES string of the molecule is C/C(=N\NC(=O)c1ccccc1)c1ccc(NC(=O)c2ccccc2Cl)cc1. The molecule has 0 aliphatic heterocycles. The fourth-order valence-electron chi connectivity index (χ4n) is 2.49. The average Bonchev–Trinajstić information content (AvgIpc) is 2.73. The quantitative estimate of drug-likeness (QED) is 0.487. The number of halogens is 1. The fourth-order valence-corrected chi connectivity index (χ4v) is 2.71. The number of nitrogens with zero attached hydrogens (tertiary/aromatic N) is 1. The first kappa shape index (κ1) is 19.3. The van der Waals surface area contributed by atoms with Gasteiger partial charge in [0.25, 0.3) is 11.8 Å². The zero-order valence-electron chi connectivity index (χ0n) is 15.1. The molecule has 0 fully saturated rings. The Balaban J connectivity index is 1.64. The van der Waals surface area contributed by atoms with Crippen LogP contribution in [0.25, 0.3) is 0 Å². The third-order valence-corrected chi connectivity index (χ3v) is 4.37. The second kappa shape index (κ2) is 8.97. The Morgan fingerprint density at radius 3 is 2.11 bits per heavy atom. The van der Waals surface area contributed by atoms with Crippen LogP contribution in [0.1, 0.15) is 33.2 Å². The minimum absolute atomic E-state index is 0.274. The zero-order valence-corrected chi connectivity index (χ0v) is 15.9. The summed E-state index contributed by atoms with van der Waals surface area (Å²) in [4.78, 5) is 24.3. The maximum absolute atomic E-state index is 12.3. The van der Waals surface area contributed by atoms with E-state index in [4.69, 9.17) is 11.6 Å². The van der Waals surface area contributed by atoms with E-state index in [1.54, 1.807) is 67.6 Å². The number of carbonyl (C=O) groups excluding carboxylic acids is 2. The number of rotatable bonds is 5. The van der Waals surface area contributed by atoms with Crippen LogP contribution in [0.4, 0.5) is 5.69 Å². The van der Waals surface area contributed by atoms with Crippen molar-refractivity contribution < 1.29 is 9.59 Å². The number of carbonyl (C=O) groups is 2. The third kappa shape index (κ3) is 4.84. The minimum Gasteiger partial charge on any atom is -0.322 e. The fraction of sp³-hybridized carbons (Fsp3) is 0.0455. The number of nitrogens with one attached hydrogen (secondary N) is 2. The monoisotopic (exact) mass is 391 g/mol. The van der Waals surface area contributed by atoms with Crippen LogP contribution in [-0.4, -0.2) is 17.5 Å². The van der Waals surface area contributed by atoms with Crippen molar-refractivity contribution in [3.63, 3.8) is 0 Å². The maximum Gasteiger partial charge on any atom is 0.271 e. The molecule has 3 rings (SSSR count). The van der Waals surface area contributed by atoms with E-state index in [9.17, 15) is 9.59 Å². The highest BCUT2D eigenvalue weighted by atomic mass is 35.5. The van der Waals surface area contributed by atoms with Crippen molar-refractivity contribution in [2.24, 2.45) is 5.10 Å². The number of anilines is 1. The van der Waals surface area contributed by atoms with Crippen LogP contribution in [0.15, 0.2) is 84.0 Å². The molecule has 2 N–H and O–H groups in total. The lowest BCUT2D eigenvalue weighted by molar-refractivity contribution is 0.0954. The normalized spacial score (nSPS) is 11.0. The Labute approximate surface area is 168 Å². The molecule has 0 aromatic heterocycles. The van der Waals surface area contributed by atoms with E-state index in [0.29, 0.717) is 27.5 Å². The van der Waals surface area contributed by atoms with Crippen LogP contribution in [-0.2, 0) is 0 Å². The molecule has 3 aromatic carbocycles. The van der Waals surface area contributed by atoms with Gasteiger partial charge in [-0.05, 0) is 48.9 Å². The standard InChI is InChI=1S/C22H18ClN3O2/c1-15(25-26-21(27)17-7-3-2-4-8-17)16-11-13-18(14-12-16)24-22(28)19-9-5-6-10-20(19)23/h2-14H,1H3,(H,24,28)(H,26,27)/b25-15+. The molecule has 0 spiro atoms. The second-order valence-corrected chi connectivity index (χ2v) is 6.42. The summed E-state index contributed by atoms with van der Waals surface area (Å²) in [5.41, 5.74) is 5.59. The summed E-state index contributed by atoms with van der Waals surface area (Å²) >= 11 is 6.05. The molecule has 0 saturated carbocycles. The Bertz CT molecular complexity index is 1020. The van der Waals surface area contributed by atoms with E-state index >= 15 is 0 Å². The zero-order chi connectivity index (χ0) is 19.9. The van der Waals surface area contributed by atoms with Gasteiger partial charge in [-0.2, -0.15) is 5.10 Å². The molecule has 6 heteroatoms. The van der Waals surface area contributed by atoms with Crippen molar-refractivity contribution in [2.45, 2.75) is 6.92 Å². The smallest absolute Gasteiger partial charge is 0.271 e. The molecular weight excluding hydrogens is 374 g/mol. The van der Waals surface area contributed by atoms with Gasteiger partial charge in [0.2, 0.25) is 0 Å². The molecular formula is C22H18ClN3O2. The van der Waals surface area contributed by atoms with E-state index < -0.39 is 0 Å². The number of benzene rings is 3. The number of hydrogen-bond donors (Lipinski definition) is 2. The van der Waals surface area contributed by atoms with Gasteiger partial charge in [-0.3, -0.25) is 9.59 Å². The first-order valence-corrected chi connectivity index (χ1v) is 8.98. The first-order chi connectivity index (χ1) is 13.5. The van der Waals surface area contributed by atoms with Gasteiger partial charge < -0.3 is 5.32 Å². The lowest BCUT2D eigenvalue weighted by Crippen LogP contribution is -2.19. The highest BCUT2D eigenvalue weighted by Crippen LogP contribution is 2.17. The topological polar surface area (TPSA) is 70.6 Å². The molecule has 0 aliphatic rings. The summed E-state index contributed by atoms with van der Waals surface area (Å²) in [5.74, 6) is -0.553. The van der Waals surface area contributed by atoms with E-state index in [-0.39, 0.29) is 11.8 Å². The van der Waals surface area contributed by atoms with Crippen molar-refractivity contribution in [3.8, 4) is 0 Å². The summed E-state index contributed by atoms with van der Waals surface area (Å²) in [7, 11) is 0. The van der Waals surface area contributed by atoms with Crippen molar-refractivity contribution in [1.29, 1.82) is 0 Å². The molecule has 0 radical (unpaired) electrons. The Kier molecular flexibility index (Phi) is 6.19.